The maximum absolute atomic E-state index is 13.5. The van der Waals surface area contributed by atoms with E-state index in [-0.39, 0.29) is 17.9 Å². The van der Waals surface area contributed by atoms with Gasteiger partial charge in [-0.3, -0.25) is 9.78 Å². The van der Waals surface area contributed by atoms with Crippen LogP contribution in [0.5, 0.6) is 0 Å². The molecular weight excluding hydrogens is 441 g/mol. The average molecular weight is 462 g/mol. The fourth-order valence-electron chi connectivity index (χ4n) is 4.54. The Morgan fingerprint density at radius 2 is 1.72 bits per heavy atom. The zero-order valence-electron chi connectivity index (χ0n) is 17.3. The molecule has 32 heavy (non-hydrogen) atoms. The number of aromatic nitrogens is 1. The van der Waals surface area contributed by atoms with Crippen LogP contribution in [0.2, 0.25) is 10.0 Å². The minimum absolute atomic E-state index is 0.129. The molecule has 1 aliphatic carbocycles. The molecule has 0 saturated heterocycles. The lowest BCUT2D eigenvalue weighted by atomic mass is 9.77. The average Bonchev–Trinajstić information content (AvgIpc) is 3.22. The summed E-state index contributed by atoms with van der Waals surface area (Å²) in [4.78, 5) is 17.6. The lowest BCUT2D eigenvalue weighted by molar-refractivity contribution is 0.0680. The third-order valence-corrected chi connectivity index (χ3v) is 6.54. The van der Waals surface area contributed by atoms with Gasteiger partial charge in [0.05, 0.1) is 17.3 Å². The highest BCUT2D eigenvalue weighted by Gasteiger charge is 2.43. The third kappa shape index (κ3) is 4.08. The van der Waals surface area contributed by atoms with Crippen LogP contribution in [0.15, 0.2) is 83.7 Å². The van der Waals surface area contributed by atoms with E-state index in [0.717, 1.165) is 36.1 Å². The lowest BCUT2D eigenvalue weighted by Gasteiger charge is -2.29. The van der Waals surface area contributed by atoms with Gasteiger partial charge in [0.15, 0.2) is 0 Å². The molecule has 0 bridgehead atoms. The zero-order valence-corrected chi connectivity index (χ0v) is 18.8. The SMILES string of the molecule is O=C(c1cccnc1)N1N=C2/C(=C/c3ccc(Cl)cc3)CCC[C@H]2[C@H]1c1ccc(Cl)cc1. The molecule has 2 aliphatic rings. The molecule has 0 N–H and O–H groups in total. The van der Waals surface area contributed by atoms with Gasteiger partial charge in [-0.25, -0.2) is 5.01 Å². The first-order chi connectivity index (χ1) is 15.6. The van der Waals surface area contributed by atoms with Crippen molar-refractivity contribution in [1.82, 2.24) is 9.99 Å². The summed E-state index contributed by atoms with van der Waals surface area (Å²) >= 11 is 12.2. The van der Waals surface area contributed by atoms with Crippen LogP contribution in [0.3, 0.4) is 0 Å². The number of amides is 1. The van der Waals surface area contributed by atoms with Crippen LogP contribution >= 0.6 is 23.2 Å². The number of hydrazone groups is 1. The summed E-state index contributed by atoms with van der Waals surface area (Å²) in [5, 5.41) is 7.93. The van der Waals surface area contributed by atoms with E-state index >= 15 is 0 Å². The summed E-state index contributed by atoms with van der Waals surface area (Å²) in [7, 11) is 0. The number of pyridine rings is 1. The number of carbonyl (C=O) groups excluding carboxylic acids is 1. The Hall–Kier alpha value is -2.95. The maximum atomic E-state index is 13.5. The Morgan fingerprint density at radius 1 is 1.00 bits per heavy atom. The topological polar surface area (TPSA) is 45.6 Å². The molecule has 4 nitrogen and oxygen atoms in total. The van der Waals surface area contributed by atoms with Gasteiger partial charge in [-0.2, -0.15) is 5.10 Å². The van der Waals surface area contributed by atoms with Gasteiger partial charge in [-0.15, -0.1) is 0 Å². The Labute approximate surface area is 197 Å². The van der Waals surface area contributed by atoms with Gasteiger partial charge in [-0.1, -0.05) is 47.5 Å². The van der Waals surface area contributed by atoms with Gasteiger partial charge in [0.2, 0.25) is 0 Å². The largest absolute Gasteiger partial charge is 0.276 e. The highest BCUT2D eigenvalue weighted by molar-refractivity contribution is 6.30. The van der Waals surface area contributed by atoms with E-state index in [1.807, 2.05) is 48.5 Å². The second-order valence-corrected chi connectivity index (χ2v) is 8.97. The van der Waals surface area contributed by atoms with Crippen molar-refractivity contribution in [1.29, 1.82) is 0 Å². The second kappa shape index (κ2) is 8.89. The summed E-state index contributed by atoms with van der Waals surface area (Å²) in [5.41, 5.74) is 4.79. The highest BCUT2D eigenvalue weighted by Crippen LogP contribution is 2.45. The molecule has 1 amide bonds. The summed E-state index contributed by atoms with van der Waals surface area (Å²) in [5.74, 6) is -0.0186. The molecule has 2 heterocycles. The number of rotatable bonds is 3. The van der Waals surface area contributed by atoms with Crippen molar-refractivity contribution in [2.24, 2.45) is 11.0 Å². The second-order valence-electron chi connectivity index (χ2n) is 8.09. The van der Waals surface area contributed by atoms with Crippen LogP contribution in [0.4, 0.5) is 0 Å². The molecule has 1 fully saturated rings. The van der Waals surface area contributed by atoms with E-state index in [1.54, 1.807) is 29.5 Å². The van der Waals surface area contributed by atoms with Crippen molar-refractivity contribution in [2.45, 2.75) is 25.3 Å². The number of halogens is 2. The van der Waals surface area contributed by atoms with Gasteiger partial charge in [0.1, 0.15) is 0 Å². The van der Waals surface area contributed by atoms with Crippen molar-refractivity contribution in [3.8, 4) is 0 Å². The van der Waals surface area contributed by atoms with E-state index in [0.29, 0.717) is 15.6 Å². The number of allylic oxidation sites excluding steroid dienone is 1. The van der Waals surface area contributed by atoms with Gasteiger partial charge in [-0.05, 0) is 78.4 Å². The predicted molar refractivity (Wildman–Crippen MR) is 129 cm³/mol. The van der Waals surface area contributed by atoms with Crippen LogP contribution in [0.1, 0.15) is 46.8 Å². The normalized spacial score (nSPS) is 21.4. The van der Waals surface area contributed by atoms with Crippen LogP contribution < -0.4 is 0 Å². The Bertz CT molecular complexity index is 1190. The number of carbonyl (C=O) groups is 1. The van der Waals surface area contributed by atoms with E-state index < -0.39 is 0 Å². The van der Waals surface area contributed by atoms with Crippen LogP contribution in [0, 0.1) is 5.92 Å². The van der Waals surface area contributed by atoms with Gasteiger partial charge in [0, 0.05) is 28.4 Å². The Balaban J connectivity index is 1.57. The standard InChI is InChI=1S/C26H21Cl2N3O/c27-21-10-6-17(7-11-21)15-19-3-1-5-23-24(19)30-31(26(32)20-4-2-14-29-16-20)25(23)18-8-12-22(28)13-9-18/h2,4,6-16,23,25H,1,3,5H2/b19-15+/t23-,25-/m1/s1. The summed E-state index contributed by atoms with van der Waals surface area (Å²) in [6, 6.07) is 18.9. The first kappa shape index (κ1) is 20.9. The van der Waals surface area contributed by atoms with Crippen molar-refractivity contribution in [2.75, 3.05) is 0 Å². The molecule has 2 atom stereocenters. The molecule has 3 aromatic rings. The number of nitrogens with zero attached hydrogens (tertiary/aromatic N) is 3. The minimum Gasteiger partial charge on any atom is -0.267 e. The molecule has 6 heteroatoms. The number of benzene rings is 2. The highest BCUT2D eigenvalue weighted by atomic mass is 35.5. The summed E-state index contributed by atoms with van der Waals surface area (Å²) in [6.07, 6.45) is 8.37. The summed E-state index contributed by atoms with van der Waals surface area (Å²) in [6.45, 7) is 0. The van der Waals surface area contributed by atoms with E-state index in [9.17, 15) is 4.79 Å². The predicted octanol–water partition coefficient (Wildman–Crippen LogP) is 6.83. The molecule has 2 aromatic carbocycles. The van der Waals surface area contributed by atoms with Crippen LogP contribution in [-0.2, 0) is 0 Å². The first-order valence-corrected chi connectivity index (χ1v) is 11.4. The van der Waals surface area contributed by atoms with Crippen LogP contribution in [0.25, 0.3) is 6.08 Å². The lowest BCUT2D eigenvalue weighted by Crippen LogP contribution is -2.32. The maximum Gasteiger partial charge on any atom is 0.276 e. The van der Waals surface area contributed by atoms with E-state index in [4.69, 9.17) is 28.3 Å². The number of hydrogen-bond acceptors (Lipinski definition) is 3. The Morgan fingerprint density at radius 3 is 2.41 bits per heavy atom. The van der Waals surface area contributed by atoms with Crippen molar-refractivity contribution in [3.05, 3.63) is 105 Å². The Kier molecular flexibility index (Phi) is 5.81. The molecule has 1 aromatic heterocycles. The molecule has 160 valence electrons. The fourth-order valence-corrected chi connectivity index (χ4v) is 4.79. The molecule has 0 spiro atoms. The number of fused-ring (bicyclic) bond motifs is 1. The quantitative estimate of drug-likeness (QED) is 0.429. The smallest absolute Gasteiger partial charge is 0.267 e. The molecule has 0 unspecified atom stereocenters. The van der Waals surface area contributed by atoms with Gasteiger partial charge < -0.3 is 0 Å². The van der Waals surface area contributed by atoms with Crippen molar-refractivity contribution in [3.63, 3.8) is 0 Å². The van der Waals surface area contributed by atoms with E-state index in [1.165, 1.54) is 5.57 Å². The molecule has 5 rings (SSSR count). The third-order valence-electron chi connectivity index (χ3n) is 6.04. The van der Waals surface area contributed by atoms with Gasteiger partial charge >= 0.3 is 0 Å². The molecule has 1 aliphatic heterocycles. The van der Waals surface area contributed by atoms with Crippen LogP contribution in [-0.4, -0.2) is 21.6 Å². The monoisotopic (exact) mass is 461 g/mol. The zero-order chi connectivity index (χ0) is 22.1. The molecular formula is C26H21Cl2N3O. The minimum atomic E-state index is -0.177. The summed E-state index contributed by atoms with van der Waals surface area (Å²) < 4.78 is 0. The molecule has 1 saturated carbocycles. The number of hydrogen-bond donors (Lipinski definition) is 0. The van der Waals surface area contributed by atoms with E-state index in [2.05, 4.69) is 11.1 Å². The fraction of sp³-hybridized carbons (Fsp3) is 0.192. The van der Waals surface area contributed by atoms with Crippen molar-refractivity contribution >= 4 is 40.9 Å². The van der Waals surface area contributed by atoms with Crippen molar-refractivity contribution < 1.29 is 4.79 Å². The molecule has 0 radical (unpaired) electrons. The van der Waals surface area contributed by atoms with Gasteiger partial charge in [0.25, 0.3) is 5.91 Å². The first-order valence-electron chi connectivity index (χ1n) is 10.6.